The number of benzene rings is 1. The second-order valence-corrected chi connectivity index (χ2v) is 5.25. The predicted molar refractivity (Wildman–Crippen MR) is 80.9 cm³/mol. The summed E-state index contributed by atoms with van der Waals surface area (Å²) in [5, 5.41) is 3.25. The van der Waals surface area contributed by atoms with Gasteiger partial charge in [0, 0.05) is 24.6 Å². The topological polar surface area (TPSA) is 41.1 Å². The van der Waals surface area contributed by atoms with Crippen molar-refractivity contribution in [2.75, 3.05) is 18.4 Å². The summed E-state index contributed by atoms with van der Waals surface area (Å²) in [5.41, 5.74) is 2.42. The third-order valence-electron chi connectivity index (χ3n) is 3.64. The van der Waals surface area contributed by atoms with E-state index in [9.17, 15) is 0 Å². The lowest BCUT2D eigenvalue weighted by Gasteiger charge is -2.26. The Morgan fingerprint density at radius 1 is 1.00 bits per heavy atom. The van der Waals surface area contributed by atoms with Gasteiger partial charge >= 0.3 is 0 Å². The molecule has 1 aliphatic heterocycles. The highest BCUT2D eigenvalue weighted by molar-refractivity contribution is 5.55. The predicted octanol–water partition coefficient (Wildman–Crippen LogP) is 3.21. The monoisotopic (exact) mass is 268 g/mol. The molecular formula is C16H20N4. The van der Waals surface area contributed by atoms with Gasteiger partial charge in [-0.25, -0.2) is 4.98 Å². The average Bonchev–Trinajstić information content (AvgIpc) is 2.51. The molecule has 3 rings (SSSR count). The molecular weight excluding hydrogens is 248 g/mol. The highest BCUT2D eigenvalue weighted by Crippen LogP contribution is 2.17. The van der Waals surface area contributed by atoms with Crippen molar-refractivity contribution in [2.24, 2.45) is 0 Å². The van der Waals surface area contributed by atoms with Gasteiger partial charge in [-0.05, 0) is 43.6 Å². The molecule has 0 amide bonds. The molecule has 0 radical (unpaired) electrons. The van der Waals surface area contributed by atoms with E-state index in [2.05, 4.69) is 44.5 Å². The fraction of sp³-hybridized carbons (Fsp3) is 0.375. The zero-order valence-corrected chi connectivity index (χ0v) is 11.6. The van der Waals surface area contributed by atoms with Crippen LogP contribution in [0.25, 0.3) is 0 Å². The van der Waals surface area contributed by atoms with E-state index in [0.717, 1.165) is 18.1 Å². The molecule has 1 N–H and O–H groups in total. The summed E-state index contributed by atoms with van der Waals surface area (Å²) in [4.78, 5) is 10.8. The summed E-state index contributed by atoms with van der Waals surface area (Å²) in [6.45, 7) is 3.53. The van der Waals surface area contributed by atoms with Gasteiger partial charge in [0.05, 0.1) is 6.20 Å². The molecule has 1 aromatic heterocycles. The Bertz CT molecular complexity index is 518. The summed E-state index contributed by atoms with van der Waals surface area (Å²) in [7, 11) is 0. The summed E-state index contributed by atoms with van der Waals surface area (Å²) < 4.78 is 0. The van der Waals surface area contributed by atoms with Crippen molar-refractivity contribution in [3.8, 4) is 0 Å². The van der Waals surface area contributed by atoms with Gasteiger partial charge in [0.15, 0.2) is 0 Å². The molecule has 1 fully saturated rings. The highest BCUT2D eigenvalue weighted by Gasteiger charge is 2.10. The number of nitrogens with one attached hydrogen (secondary N) is 1. The van der Waals surface area contributed by atoms with E-state index in [4.69, 9.17) is 0 Å². The minimum absolute atomic E-state index is 0.774. The molecule has 0 aliphatic carbocycles. The van der Waals surface area contributed by atoms with E-state index in [1.807, 2.05) is 0 Å². The summed E-state index contributed by atoms with van der Waals surface area (Å²) in [5.74, 6) is 0.774. The first-order valence-corrected chi connectivity index (χ1v) is 7.24. The molecule has 2 heterocycles. The molecule has 0 unspecified atom stereocenters. The number of piperidine rings is 1. The van der Waals surface area contributed by atoms with Crippen molar-refractivity contribution in [1.82, 2.24) is 14.9 Å². The Hall–Kier alpha value is -1.94. The van der Waals surface area contributed by atoms with Crippen LogP contribution in [0.4, 0.5) is 11.5 Å². The fourth-order valence-electron chi connectivity index (χ4n) is 2.58. The molecule has 0 atom stereocenters. The van der Waals surface area contributed by atoms with Crippen molar-refractivity contribution in [3.63, 3.8) is 0 Å². The SMILES string of the molecule is c1cnc(Nc2ccc(CN3CCCCC3)cc2)cn1. The van der Waals surface area contributed by atoms with Crippen molar-refractivity contribution >= 4 is 11.5 Å². The highest BCUT2D eigenvalue weighted by atomic mass is 15.1. The van der Waals surface area contributed by atoms with Gasteiger partial charge in [0.25, 0.3) is 0 Å². The summed E-state index contributed by atoms with van der Waals surface area (Å²) in [6, 6.07) is 8.59. The van der Waals surface area contributed by atoms with Crippen LogP contribution in [0.1, 0.15) is 24.8 Å². The molecule has 0 spiro atoms. The number of anilines is 2. The maximum absolute atomic E-state index is 4.21. The molecule has 4 heteroatoms. The first-order chi connectivity index (χ1) is 9.90. The van der Waals surface area contributed by atoms with E-state index < -0.39 is 0 Å². The zero-order valence-electron chi connectivity index (χ0n) is 11.6. The van der Waals surface area contributed by atoms with Crippen LogP contribution in [-0.2, 0) is 6.54 Å². The minimum Gasteiger partial charge on any atom is -0.339 e. The van der Waals surface area contributed by atoms with E-state index in [1.54, 1.807) is 18.6 Å². The molecule has 4 nitrogen and oxygen atoms in total. The number of nitrogens with zero attached hydrogens (tertiary/aromatic N) is 3. The minimum atomic E-state index is 0.774. The Kier molecular flexibility index (Phi) is 4.23. The molecule has 1 saturated heterocycles. The van der Waals surface area contributed by atoms with Crippen LogP contribution in [0.15, 0.2) is 42.9 Å². The lowest BCUT2D eigenvalue weighted by Crippen LogP contribution is -2.29. The first kappa shape index (κ1) is 13.1. The van der Waals surface area contributed by atoms with Gasteiger partial charge < -0.3 is 5.32 Å². The lowest BCUT2D eigenvalue weighted by atomic mass is 10.1. The van der Waals surface area contributed by atoms with Crippen molar-refractivity contribution in [3.05, 3.63) is 48.4 Å². The lowest BCUT2D eigenvalue weighted by molar-refractivity contribution is 0.221. The molecule has 2 aromatic rings. The second-order valence-electron chi connectivity index (χ2n) is 5.25. The van der Waals surface area contributed by atoms with Crippen LogP contribution in [-0.4, -0.2) is 28.0 Å². The molecule has 0 bridgehead atoms. The summed E-state index contributed by atoms with van der Waals surface area (Å²) in [6.07, 6.45) is 9.15. The normalized spacial score (nSPS) is 16.0. The quantitative estimate of drug-likeness (QED) is 0.924. The third-order valence-corrected chi connectivity index (χ3v) is 3.64. The van der Waals surface area contributed by atoms with Crippen LogP contribution in [0.5, 0.6) is 0 Å². The van der Waals surface area contributed by atoms with E-state index >= 15 is 0 Å². The maximum Gasteiger partial charge on any atom is 0.148 e. The Balaban J connectivity index is 1.59. The number of hydrogen-bond acceptors (Lipinski definition) is 4. The number of aromatic nitrogens is 2. The summed E-state index contributed by atoms with van der Waals surface area (Å²) >= 11 is 0. The molecule has 104 valence electrons. The smallest absolute Gasteiger partial charge is 0.148 e. The van der Waals surface area contributed by atoms with Crippen LogP contribution >= 0.6 is 0 Å². The Morgan fingerprint density at radius 2 is 1.80 bits per heavy atom. The standard InChI is InChI=1S/C16H20N4/c1-2-10-20(11-3-1)13-14-4-6-15(7-5-14)19-16-12-17-8-9-18-16/h4-9,12H,1-3,10-11,13H2,(H,18,19). The van der Waals surface area contributed by atoms with E-state index in [1.165, 1.54) is 37.9 Å². The van der Waals surface area contributed by atoms with Crippen LogP contribution in [0.2, 0.25) is 0 Å². The van der Waals surface area contributed by atoms with Gasteiger partial charge in [-0.2, -0.15) is 0 Å². The van der Waals surface area contributed by atoms with Gasteiger partial charge in [0.2, 0.25) is 0 Å². The van der Waals surface area contributed by atoms with Crippen molar-refractivity contribution in [2.45, 2.75) is 25.8 Å². The van der Waals surface area contributed by atoms with Crippen molar-refractivity contribution < 1.29 is 0 Å². The fourth-order valence-corrected chi connectivity index (χ4v) is 2.58. The van der Waals surface area contributed by atoms with Gasteiger partial charge in [0.1, 0.15) is 5.82 Å². The molecule has 20 heavy (non-hydrogen) atoms. The van der Waals surface area contributed by atoms with Crippen LogP contribution < -0.4 is 5.32 Å². The number of likely N-dealkylation sites (tertiary alicyclic amines) is 1. The van der Waals surface area contributed by atoms with Gasteiger partial charge in [-0.15, -0.1) is 0 Å². The molecule has 1 aliphatic rings. The second kappa shape index (κ2) is 6.48. The number of hydrogen-bond donors (Lipinski definition) is 1. The average molecular weight is 268 g/mol. The molecule has 1 aromatic carbocycles. The Labute approximate surface area is 119 Å². The van der Waals surface area contributed by atoms with Crippen LogP contribution in [0.3, 0.4) is 0 Å². The van der Waals surface area contributed by atoms with E-state index in [0.29, 0.717) is 0 Å². The van der Waals surface area contributed by atoms with Crippen molar-refractivity contribution in [1.29, 1.82) is 0 Å². The Morgan fingerprint density at radius 3 is 2.50 bits per heavy atom. The molecule has 0 saturated carbocycles. The van der Waals surface area contributed by atoms with Gasteiger partial charge in [-0.1, -0.05) is 18.6 Å². The number of rotatable bonds is 4. The third kappa shape index (κ3) is 3.54. The van der Waals surface area contributed by atoms with Gasteiger partial charge in [-0.3, -0.25) is 9.88 Å². The zero-order chi connectivity index (χ0) is 13.6. The first-order valence-electron chi connectivity index (χ1n) is 7.24. The largest absolute Gasteiger partial charge is 0.339 e. The van der Waals surface area contributed by atoms with E-state index in [-0.39, 0.29) is 0 Å². The maximum atomic E-state index is 4.21. The van der Waals surface area contributed by atoms with Crippen LogP contribution in [0, 0.1) is 0 Å².